The number of hydrogen-bond acceptors (Lipinski definition) is 6. The number of nitrogens with zero attached hydrogens (tertiary/aromatic N) is 2. The van der Waals surface area contributed by atoms with Gasteiger partial charge in [-0.15, -0.1) is 0 Å². The van der Waals surface area contributed by atoms with Crippen molar-refractivity contribution in [3.63, 3.8) is 0 Å². The van der Waals surface area contributed by atoms with E-state index in [1.54, 1.807) is 43.1 Å². The molecule has 1 N–H and O–H groups in total. The minimum absolute atomic E-state index is 0.0155. The van der Waals surface area contributed by atoms with Gasteiger partial charge in [-0.1, -0.05) is 0 Å². The first-order valence-corrected chi connectivity index (χ1v) is 8.24. The fourth-order valence-electron chi connectivity index (χ4n) is 2.59. The van der Waals surface area contributed by atoms with Crippen molar-refractivity contribution in [1.82, 2.24) is 9.80 Å². The van der Waals surface area contributed by atoms with Crippen LogP contribution < -0.4 is 14.8 Å². The van der Waals surface area contributed by atoms with Gasteiger partial charge >= 0.3 is 6.09 Å². The van der Waals surface area contributed by atoms with Gasteiger partial charge in [0.2, 0.25) is 5.91 Å². The van der Waals surface area contributed by atoms with Crippen molar-refractivity contribution < 1.29 is 23.8 Å². The SMILES string of the molecule is CCOC(=O)N1CCN(C(=O)CNc2ccc(OC)c(OC)c2)CC1. The van der Waals surface area contributed by atoms with Crippen molar-refractivity contribution in [2.24, 2.45) is 0 Å². The van der Waals surface area contributed by atoms with Crippen LogP contribution in [0.1, 0.15) is 6.92 Å². The first kappa shape index (κ1) is 18.7. The predicted octanol–water partition coefficient (Wildman–Crippen LogP) is 1.42. The normalized spacial score (nSPS) is 14.0. The number of amides is 2. The molecule has 0 radical (unpaired) electrons. The Morgan fingerprint density at radius 1 is 1.04 bits per heavy atom. The third-order valence-corrected chi connectivity index (χ3v) is 3.99. The molecule has 1 fully saturated rings. The molecule has 8 heteroatoms. The number of anilines is 1. The summed E-state index contributed by atoms with van der Waals surface area (Å²) in [5.41, 5.74) is 0.774. The molecular weight excluding hydrogens is 326 g/mol. The minimum Gasteiger partial charge on any atom is -0.493 e. The van der Waals surface area contributed by atoms with Crippen LogP contribution in [0, 0.1) is 0 Å². The van der Waals surface area contributed by atoms with E-state index < -0.39 is 0 Å². The third kappa shape index (κ3) is 4.91. The van der Waals surface area contributed by atoms with Gasteiger partial charge in [-0.2, -0.15) is 0 Å². The Morgan fingerprint density at radius 3 is 2.28 bits per heavy atom. The first-order valence-electron chi connectivity index (χ1n) is 8.24. The van der Waals surface area contributed by atoms with E-state index in [9.17, 15) is 9.59 Å². The molecule has 1 aromatic carbocycles. The van der Waals surface area contributed by atoms with Gasteiger partial charge in [0.05, 0.1) is 27.4 Å². The molecule has 0 bridgehead atoms. The van der Waals surface area contributed by atoms with E-state index in [1.165, 1.54) is 0 Å². The lowest BCUT2D eigenvalue weighted by Gasteiger charge is -2.34. The maximum atomic E-state index is 12.3. The second-order valence-electron chi connectivity index (χ2n) is 5.49. The predicted molar refractivity (Wildman–Crippen MR) is 93.2 cm³/mol. The number of rotatable bonds is 6. The van der Waals surface area contributed by atoms with Crippen LogP contribution in [0.3, 0.4) is 0 Å². The molecule has 1 aliphatic rings. The highest BCUT2D eigenvalue weighted by Crippen LogP contribution is 2.29. The van der Waals surface area contributed by atoms with E-state index in [4.69, 9.17) is 14.2 Å². The lowest BCUT2D eigenvalue weighted by molar-refractivity contribution is -0.130. The van der Waals surface area contributed by atoms with Crippen molar-refractivity contribution in [2.45, 2.75) is 6.92 Å². The lowest BCUT2D eigenvalue weighted by atomic mass is 10.2. The monoisotopic (exact) mass is 351 g/mol. The van der Waals surface area contributed by atoms with Gasteiger partial charge in [-0.25, -0.2) is 4.79 Å². The van der Waals surface area contributed by atoms with Crippen LogP contribution in [0.15, 0.2) is 18.2 Å². The summed E-state index contributed by atoms with van der Waals surface area (Å²) in [6.07, 6.45) is -0.321. The number of carbonyl (C=O) groups is 2. The molecule has 0 atom stereocenters. The summed E-state index contributed by atoms with van der Waals surface area (Å²) in [5, 5.41) is 3.09. The van der Waals surface area contributed by atoms with Gasteiger partial charge in [-0.05, 0) is 19.1 Å². The zero-order valence-electron chi connectivity index (χ0n) is 14.9. The Balaban J connectivity index is 1.82. The smallest absolute Gasteiger partial charge is 0.409 e. The molecule has 0 unspecified atom stereocenters. The topological polar surface area (TPSA) is 80.3 Å². The molecule has 0 aromatic heterocycles. The van der Waals surface area contributed by atoms with E-state index >= 15 is 0 Å². The van der Waals surface area contributed by atoms with Crippen LogP contribution in [0.5, 0.6) is 11.5 Å². The first-order chi connectivity index (χ1) is 12.1. The van der Waals surface area contributed by atoms with E-state index in [0.717, 1.165) is 5.69 Å². The van der Waals surface area contributed by atoms with Crippen LogP contribution in [-0.4, -0.2) is 75.4 Å². The van der Waals surface area contributed by atoms with Gasteiger partial charge in [-0.3, -0.25) is 4.79 Å². The van der Waals surface area contributed by atoms with Gasteiger partial charge in [0.1, 0.15) is 0 Å². The number of methoxy groups -OCH3 is 2. The molecule has 1 saturated heterocycles. The molecule has 0 aliphatic carbocycles. The number of ether oxygens (including phenoxy) is 3. The van der Waals surface area contributed by atoms with Gasteiger partial charge < -0.3 is 29.3 Å². The van der Waals surface area contributed by atoms with Gasteiger partial charge in [0.25, 0.3) is 0 Å². The van der Waals surface area contributed by atoms with E-state index in [-0.39, 0.29) is 18.5 Å². The lowest BCUT2D eigenvalue weighted by Crippen LogP contribution is -2.51. The molecular formula is C17H25N3O5. The van der Waals surface area contributed by atoms with Crippen LogP contribution in [0.25, 0.3) is 0 Å². The van der Waals surface area contributed by atoms with Crippen LogP contribution in [0.2, 0.25) is 0 Å². The quantitative estimate of drug-likeness (QED) is 0.835. The second-order valence-corrected chi connectivity index (χ2v) is 5.49. The van der Waals surface area contributed by atoms with E-state index in [0.29, 0.717) is 44.3 Å². The van der Waals surface area contributed by atoms with Crippen LogP contribution >= 0.6 is 0 Å². The molecule has 138 valence electrons. The molecule has 1 aromatic rings. The van der Waals surface area contributed by atoms with Gasteiger partial charge in [0, 0.05) is 37.9 Å². The van der Waals surface area contributed by atoms with Crippen molar-refractivity contribution in [3.05, 3.63) is 18.2 Å². The Bertz CT molecular complexity index is 600. The molecule has 1 aliphatic heterocycles. The Labute approximate surface area is 147 Å². The Morgan fingerprint density at radius 2 is 1.68 bits per heavy atom. The van der Waals surface area contributed by atoms with E-state index in [2.05, 4.69) is 5.32 Å². The number of piperazine rings is 1. The summed E-state index contributed by atoms with van der Waals surface area (Å²) in [7, 11) is 3.14. The number of benzene rings is 1. The average molecular weight is 351 g/mol. The summed E-state index contributed by atoms with van der Waals surface area (Å²) in [5.74, 6) is 1.22. The van der Waals surface area contributed by atoms with E-state index in [1.807, 2.05) is 6.07 Å². The van der Waals surface area contributed by atoms with Crippen molar-refractivity contribution in [2.75, 3.05) is 58.9 Å². The molecule has 25 heavy (non-hydrogen) atoms. The minimum atomic E-state index is -0.321. The van der Waals surface area contributed by atoms with Crippen molar-refractivity contribution >= 4 is 17.7 Å². The third-order valence-electron chi connectivity index (χ3n) is 3.99. The summed E-state index contributed by atoms with van der Waals surface area (Å²) in [6, 6.07) is 5.39. The fraction of sp³-hybridized carbons (Fsp3) is 0.529. The fourth-order valence-corrected chi connectivity index (χ4v) is 2.59. The highest BCUT2D eigenvalue weighted by atomic mass is 16.6. The maximum absolute atomic E-state index is 12.3. The molecule has 1 heterocycles. The average Bonchev–Trinajstić information content (AvgIpc) is 2.66. The summed E-state index contributed by atoms with van der Waals surface area (Å²) >= 11 is 0. The highest BCUT2D eigenvalue weighted by Gasteiger charge is 2.24. The summed E-state index contributed by atoms with van der Waals surface area (Å²) < 4.78 is 15.4. The van der Waals surface area contributed by atoms with Crippen LogP contribution in [0.4, 0.5) is 10.5 Å². The molecule has 2 rings (SSSR count). The van der Waals surface area contributed by atoms with Crippen molar-refractivity contribution in [3.8, 4) is 11.5 Å². The number of hydrogen-bond donors (Lipinski definition) is 1. The second kappa shape index (κ2) is 9.00. The molecule has 8 nitrogen and oxygen atoms in total. The van der Waals surface area contributed by atoms with Gasteiger partial charge in [0.15, 0.2) is 11.5 Å². The number of nitrogens with one attached hydrogen (secondary N) is 1. The Hall–Kier alpha value is -2.64. The molecule has 0 spiro atoms. The molecule has 0 saturated carbocycles. The summed E-state index contributed by atoms with van der Waals surface area (Å²) in [6.45, 7) is 4.29. The van der Waals surface area contributed by atoms with Crippen molar-refractivity contribution in [1.29, 1.82) is 0 Å². The zero-order chi connectivity index (χ0) is 18.2. The maximum Gasteiger partial charge on any atom is 0.409 e. The zero-order valence-corrected chi connectivity index (χ0v) is 14.9. The standard InChI is InChI=1S/C17H25N3O5/c1-4-25-17(22)20-9-7-19(8-10-20)16(21)12-18-13-5-6-14(23-2)15(11-13)24-3/h5-6,11,18H,4,7-10,12H2,1-3H3. The molecule has 2 amide bonds. The Kier molecular flexibility index (Phi) is 6.73. The summed E-state index contributed by atoms with van der Waals surface area (Å²) in [4.78, 5) is 27.3. The van der Waals surface area contributed by atoms with Crippen LogP contribution in [-0.2, 0) is 9.53 Å². The largest absolute Gasteiger partial charge is 0.493 e. The number of carbonyl (C=O) groups excluding carboxylic acids is 2. The highest BCUT2D eigenvalue weighted by molar-refractivity contribution is 5.81.